The Morgan fingerprint density at radius 1 is 1.17 bits per heavy atom. The van der Waals surface area contributed by atoms with Gasteiger partial charge in [-0.2, -0.15) is 17.7 Å². The van der Waals surface area contributed by atoms with E-state index in [1.54, 1.807) is 0 Å². The SMILES string of the molecule is CC(C)C(CS)Cn1cc(-c2ccccc2)cn1. The van der Waals surface area contributed by atoms with E-state index in [1.165, 1.54) is 11.1 Å². The monoisotopic (exact) mass is 260 g/mol. The quantitative estimate of drug-likeness (QED) is 0.811. The van der Waals surface area contributed by atoms with Gasteiger partial charge >= 0.3 is 0 Å². The molecule has 0 radical (unpaired) electrons. The van der Waals surface area contributed by atoms with Crippen LogP contribution in [0.5, 0.6) is 0 Å². The van der Waals surface area contributed by atoms with Crippen molar-refractivity contribution in [2.24, 2.45) is 11.8 Å². The van der Waals surface area contributed by atoms with E-state index in [0.29, 0.717) is 11.8 Å². The van der Waals surface area contributed by atoms with Crippen LogP contribution in [0.1, 0.15) is 13.8 Å². The largest absolute Gasteiger partial charge is 0.272 e. The van der Waals surface area contributed by atoms with Gasteiger partial charge in [0.1, 0.15) is 0 Å². The van der Waals surface area contributed by atoms with Crippen molar-refractivity contribution in [3.8, 4) is 11.1 Å². The van der Waals surface area contributed by atoms with Crippen LogP contribution in [0, 0.1) is 11.8 Å². The molecule has 2 aromatic rings. The summed E-state index contributed by atoms with van der Waals surface area (Å²) in [4.78, 5) is 0. The molecule has 0 spiro atoms. The molecule has 2 nitrogen and oxygen atoms in total. The molecule has 0 aliphatic heterocycles. The Bertz CT molecular complexity index is 476. The Morgan fingerprint density at radius 3 is 2.50 bits per heavy atom. The van der Waals surface area contributed by atoms with Crippen molar-refractivity contribution in [1.82, 2.24) is 9.78 Å². The average Bonchev–Trinajstić information content (AvgIpc) is 2.85. The van der Waals surface area contributed by atoms with E-state index in [0.717, 1.165) is 12.3 Å². The highest BCUT2D eigenvalue weighted by atomic mass is 32.1. The van der Waals surface area contributed by atoms with Crippen molar-refractivity contribution in [2.75, 3.05) is 5.75 Å². The number of hydrogen-bond donors (Lipinski definition) is 1. The van der Waals surface area contributed by atoms with E-state index in [-0.39, 0.29) is 0 Å². The molecule has 2 rings (SSSR count). The smallest absolute Gasteiger partial charge is 0.0568 e. The molecule has 3 heteroatoms. The van der Waals surface area contributed by atoms with Gasteiger partial charge in [-0.25, -0.2) is 0 Å². The molecule has 0 N–H and O–H groups in total. The normalized spacial score (nSPS) is 12.9. The van der Waals surface area contributed by atoms with Crippen molar-refractivity contribution in [3.05, 3.63) is 42.7 Å². The maximum absolute atomic E-state index is 4.45. The number of hydrogen-bond acceptors (Lipinski definition) is 2. The van der Waals surface area contributed by atoms with Gasteiger partial charge in [-0.1, -0.05) is 44.2 Å². The van der Waals surface area contributed by atoms with E-state index >= 15 is 0 Å². The Balaban J connectivity index is 2.11. The van der Waals surface area contributed by atoms with Crippen LogP contribution in [0.2, 0.25) is 0 Å². The van der Waals surface area contributed by atoms with Crippen LogP contribution in [-0.4, -0.2) is 15.5 Å². The van der Waals surface area contributed by atoms with Gasteiger partial charge in [0, 0.05) is 18.3 Å². The summed E-state index contributed by atoms with van der Waals surface area (Å²) in [7, 11) is 0. The number of rotatable bonds is 5. The lowest BCUT2D eigenvalue weighted by Crippen LogP contribution is -2.18. The standard InChI is InChI=1S/C15H20N2S/c1-12(2)15(11-18)10-17-9-14(8-16-17)13-6-4-3-5-7-13/h3-9,12,15,18H,10-11H2,1-2H3. The van der Waals surface area contributed by atoms with Crippen molar-refractivity contribution < 1.29 is 0 Å². The maximum Gasteiger partial charge on any atom is 0.0568 e. The molecule has 0 saturated heterocycles. The average molecular weight is 260 g/mol. The highest BCUT2D eigenvalue weighted by Gasteiger charge is 2.13. The zero-order chi connectivity index (χ0) is 13.0. The summed E-state index contributed by atoms with van der Waals surface area (Å²) in [6.07, 6.45) is 4.05. The zero-order valence-electron chi connectivity index (χ0n) is 11.0. The van der Waals surface area contributed by atoms with Crippen molar-refractivity contribution in [1.29, 1.82) is 0 Å². The van der Waals surface area contributed by atoms with Crippen LogP contribution in [0.25, 0.3) is 11.1 Å². The second kappa shape index (κ2) is 6.10. The highest BCUT2D eigenvalue weighted by molar-refractivity contribution is 7.80. The number of benzene rings is 1. The molecule has 1 unspecified atom stereocenters. The van der Waals surface area contributed by atoms with Gasteiger partial charge in [-0.3, -0.25) is 4.68 Å². The lowest BCUT2D eigenvalue weighted by atomic mass is 9.98. The van der Waals surface area contributed by atoms with Crippen LogP contribution in [0.4, 0.5) is 0 Å². The van der Waals surface area contributed by atoms with Crippen LogP contribution < -0.4 is 0 Å². The van der Waals surface area contributed by atoms with E-state index < -0.39 is 0 Å². The van der Waals surface area contributed by atoms with Crippen molar-refractivity contribution in [2.45, 2.75) is 20.4 Å². The lowest BCUT2D eigenvalue weighted by Gasteiger charge is -2.18. The first kappa shape index (κ1) is 13.2. The van der Waals surface area contributed by atoms with E-state index in [4.69, 9.17) is 0 Å². The lowest BCUT2D eigenvalue weighted by molar-refractivity contribution is 0.356. The maximum atomic E-state index is 4.45. The summed E-state index contributed by atoms with van der Waals surface area (Å²) < 4.78 is 2.03. The third-order valence-corrected chi connectivity index (χ3v) is 3.81. The zero-order valence-corrected chi connectivity index (χ0v) is 11.8. The van der Waals surface area contributed by atoms with Crippen LogP contribution in [0.3, 0.4) is 0 Å². The molecular weight excluding hydrogens is 240 g/mol. The molecule has 0 bridgehead atoms. The summed E-state index contributed by atoms with van der Waals surface area (Å²) >= 11 is 4.42. The van der Waals surface area contributed by atoms with Crippen LogP contribution in [-0.2, 0) is 6.54 Å². The van der Waals surface area contributed by atoms with Crippen LogP contribution >= 0.6 is 12.6 Å². The first-order valence-corrected chi connectivity index (χ1v) is 7.02. The van der Waals surface area contributed by atoms with Crippen LogP contribution in [0.15, 0.2) is 42.7 Å². The molecule has 1 aromatic carbocycles. The van der Waals surface area contributed by atoms with Gasteiger partial charge in [-0.15, -0.1) is 0 Å². The molecule has 96 valence electrons. The topological polar surface area (TPSA) is 17.8 Å². The van der Waals surface area contributed by atoms with Gasteiger partial charge in [0.2, 0.25) is 0 Å². The van der Waals surface area contributed by atoms with E-state index in [2.05, 4.69) is 62.0 Å². The molecule has 1 aromatic heterocycles. The number of thiol groups is 1. The van der Waals surface area contributed by atoms with Crippen molar-refractivity contribution >= 4 is 12.6 Å². The van der Waals surface area contributed by atoms with Gasteiger partial charge in [0.05, 0.1) is 6.20 Å². The molecule has 0 amide bonds. The predicted octanol–water partition coefficient (Wildman–Crippen LogP) is 3.75. The highest BCUT2D eigenvalue weighted by Crippen LogP contribution is 2.20. The summed E-state index contributed by atoms with van der Waals surface area (Å²) in [6, 6.07) is 10.4. The minimum Gasteiger partial charge on any atom is -0.272 e. The third-order valence-electron chi connectivity index (χ3n) is 3.34. The fourth-order valence-corrected chi connectivity index (χ4v) is 2.50. The van der Waals surface area contributed by atoms with Crippen molar-refractivity contribution in [3.63, 3.8) is 0 Å². The predicted molar refractivity (Wildman–Crippen MR) is 79.8 cm³/mol. The fraction of sp³-hybridized carbons (Fsp3) is 0.400. The molecular formula is C15H20N2S. The Kier molecular flexibility index (Phi) is 4.48. The van der Waals surface area contributed by atoms with E-state index in [9.17, 15) is 0 Å². The fourth-order valence-electron chi connectivity index (χ4n) is 1.96. The van der Waals surface area contributed by atoms with Gasteiger partial charge < -0.3 is 0 Å². The second-order valence-electron chi connectivity index (χ2n) is 5.00. The molecule has 1 heterocycles. The Labute approximate surface area is 114 Å². The van der Waals surface area contributed by atoms with Gasteiger partial charge in [0.15, 0.2) is 0 Å². The first-order valence-electron chi connectivity index (χ1n) is 6.39. The summed E-state index contributed by atoms with van der Waals surface area (Å²) in [5.74, 6) is 2.10. The molecule has 0 fully saturated rings. The minimum absolute atomic E-state index is 0.567. The number of aromatic nitrogens is 2. The summed E-state index contributed by atoms with van der Waals surface area (Å²) in [6.45, 7) is 5.42. The molecule has 0 saturated carbocycles. The molecule has 0 aliphatic carbocycles. The van der Waals surface area contributed by atoms with Gasteiger partial charge in [0.25, 0.3) is 0 Å². The number of nitrogens with zero attached hydrogens (tertiary/aromatic N) is 2. The first-order chi connectivity index (χ1) is 8.70. The minimum atomic E-state index is 0.567. The molecule has 18 heavy (non-hydrogen) atoms. The Morgan fingerprint density at radius 2 is 1.89 bits per heavy atom. The summed E-state index contributed by atoms with van der Waals surface area (Å²) in [5, 5.41) is 4.45. The third kappa shape index (κ3) is 3.16. The second-order valence-corrected chi connectivity index (χ2v) is 5.37. The van der Waals surface area contributed by atoms with E-state index in [1.807, 2.05) is 16.9 Å². The molecule has 0 aliphatic rings. The Hall–Kier alpha value is -1.22. The summed E-state index contributed by atoms with van der Waals surface area (Å²) in [5.41, 5.74) is 2.40. The molecule has 1 atom stereocenters. The van der Waals surface area contributed by atoms with Gasteiger partial charge in [-0.05, 0) is 23.2 Å².